The van der Waals surface area contributed by atoms with Crippen LogP contribution in [0.25, 0.3) is 0 Å². The quantitative estimate of drug-likeness (QED) is 0.697. The fraction of sp³-hybridized carbons (Fsp3) is 0.769. The fourth-order valence-electron chi connectivity index (χ4n) is 1.91. The maximum atomic E-state index is 11.4. The van der Waals surface area contributed by atoms with Gasteiger partial charge in [-0.15, -0.1) is 0 Å². The van der Waals surface area contributed by atoms with Crippen LogP contribution in [0.4, 0.5) is 0 Å². The molecular formula is C13H26N4O2S. The van der Waals surface area contributed by atoms with E-state index in [0.29, 0.717) is 25.7 Å². The minimum absolute atomic E-state index is 0.372. The molecule has 1 aromatic rings. The first-order valence-electron chi connectivity index (χ1n) is 7.04. The van der Waals surface area contributed by atoms with Crippen molar-refractivity contribution in [3.8, 4) is 0 Å². The van der Waals surface area contributed by atoms with Crippen molar-refractivity contribution in [1.82, 2.24) is 19.4 Å². The lowest BCUT2D eigenvalue weighted by molar-refractivity contribution is 0.418. The number of aromatic nitrogens is 2. The molecule has 6 nitrogen and oxygen atoms in total. The first kappa shape index (κ1) is 17.1. The van der Waals surface area contributed by atoms with Crippen LogP contribution in [-0.4, -0.2) is 48.4 Å². The van der Waals surface area contributed by atoms with E-state index in [1.807, 2.05) is 23.9 Å². The van der Waals surface area contributed by atoms with E-state index >= 15 is 0 Å². The molecule has 0 aromatic carbocycles. The van der Waals surface area contributed by atoms with Crippen LogP contribution in [0.5, 0.6) is 0 Å². The van der Waals surface area contributed by atoms with Gasteiger partial charge in [0, 0.05) is 31.9 Å². The molecule has 0 atom stereocenters. The van der Waals surface area contributed by atoms with Crippen molar-refractivity contribution < 1.29 is 8.42 Å². The van der Waals surface area contributed by atoms with Crippen molar-refractivity contribution in [1.29, 1.82) is 0 Å². The molecule has 7 heteroatoms. The van der Waals surface area contributed by atoms with Gasteiger partial charge >= 0.3 is 0 Å². The monoisotopic (exact) mass is 302 g/mol. The third-order valence-electron chi connectivity index (χ3n) is 3.08. The van der Waals surface area contributed by atoms with E-state index in [4.69, 9.17) is 0 Å². The van der Waals surface area contributed by atoms with Gasteiger partial charge in [-0.3, -0.25) is 4.68 Å². The van der Waals surface area contributed by atoms with Crippen molar-refractivity contribution in [2.24, 2.45) is 0 Å². The van der Waals surface area contributed by atoms with Crippen molar-refractivity contribution in [3.63, 3.8) is 0 Å². The zero-order valence-electron chi connectivity index (χ0n) is 12.8. The Bertz CT molecular complexity index is 496. The van der Waals surface area contributed by atoms with Gasteiger partial charge < -0.3 is 5.32 Å². The number of hydrogen-bond acceptors (Lipinski definition) is 4. The van der Waals surface area contributed by atoms with Crippen LogP contribution in [0.1, 0.15) is 38.9 Å². The first-order chi connectivity index (χ1) is 9.34. The first-order valence-corrected chi connectivity index (χ1v) is 8.89. The lowest BCUT2D eigenvalue weighted by Crippen LogP contribution is -2.32. The highest BCUT2D eigenvalue weighted by atomic mass is 32.2. The molecule has 0 fully saturated rings. The number of sulfonamides is 1. The standard InChI is InChI=1S/C13H26N4O2S/c1-5-16(20(4,18)19)9-6-8-14-11-13-7-10-17(15-13)12(2)3/h7,10,12,14H,5-6,8-9,11H2,1-4H3. The summed E-state index contributed by atoms with van der Waals surface area (Å²) in [6.07, 6.45) is 4.03. The van der Waals surface area contributed by atoms with Gasteiger partial charge in [0.15, 0.2) is 0 Å². The summed E-state index contributed by atoms with van der Waals surface area (Å²) in [6, 6.07) is 2.37. The highest BCUT2D eigenvalue weighted by Gasteiger charge is 2.12. The zero-order valence-corrected chi connectivity index (χ0v) is 13.7. The van der Waals surface area contributed by atoms with Crippen molar-refractivity contribution >= 4 is 10.0 Å². The molecule has 1 heterocycles. The molecule has 0 amide bonds. The highest BCUT2D eigenvalue weighted by Crippen LogP contribution is 2.04. The van der Waals surface area contributed by atoms with Gasteiger partial charge in [-0.1, -0.05) is 6.92 Å². The van der Waals surface area contributed by atoms with Gasteiger partial charge in [0.1, 0.15) is 0 Å². The summed E-state index contributed by atoms with van der Waals surface area (Å²) in [5, 5.41) is 7.73. The zero-order chi connectivity index (χ0) is 15.2. The van der Waals surface area contributed by atoms with E-state index in [0.717, 1.165) is 18.7 Å². The minimum Gasteiger partial charge on any atom is -0.311 e. The Balaban J connectivity index is 2.24. The van der Waals surface area contributed by atoms with Crippen molar-refractivity contribution in [2.45, 2.75) is 39.8 Å². The third-order valence-corrected chi connectivity index (χ3v) is 4.46. The molecule has 0 saturated carbocycles. The number of hydrogen-bond donors (Lipinski definition) is 1. The summed E-state index contributed by atoms with van der Waals surface area (Å²) in [6.45, 7) is 8.61. The molecule has 0 aliphatic carbocycles. The van der Waals surface area contributed by atoms with Crippen LogP contribution >= 0.6 is 0 Å². The second kappa shape index (κ2) is 7.75. The normalized spacial score (nSPS) is 12.5. The summed E-state index contributed by atoms with van der Waals surface area (Å²) in [4.78, 5) is 0. The lowest BCUT2D eigenvalue weighted by Gasteiger charge is -2.17. The average molecular weight is 302 g/mol. The van der Waals surface area contributed by atoms with E-state index in [2.05, 4.69) is 24.3 Å². The Labute approximate surface area is 122 Å². The molecule has 0 spiro atoms. The predicted molar refractivity (Wildman–Crippen MR) is 81.0 cm³/mol. The van der Waals surface area contributed by atoms with Gasteiger partial charge in [-0.2, -0.15) is 5.10 Å². The number of nitrogens with one attached hydrogen (secondary N) is 1. The van der Waals surface area contributed by atoms with Crippen LogP contribution in [0.2, 0.25) is 0 Å². The predicted octanol–water partition coefficient (Wildman–Crippen LogP) is 1.23. The fourth-order valence-corrected chi connectivity index (χ4v) is 2.84. The van der Waals surface area contributed by atoms with Crippen molar-refractivity contribution in [3.05, 3.63) is 18.0 Å². The maximum absolute atomic E-state index is 11.4. The van der Waals surface area contributed by atoms with Gasteiger partial charge in [0.05, 0.1) is 11.9 Å². The van der Waals surface area contributed by atoms with Crippen LogP contribution in [-0.2, 0) is 16.6 Å². The SMILES string of the molecule is CCN(CCCNCc1ccn(C(C)C)n1)S(C)(=O)=O. The molecule has 0 aliphatic rings. The summed E-state index contributed by atoms with van der Waals surface area (Å²) >= 11 is 0. The Morgan fingerprint density at radius 3 is 2.65 bits per heavy atom. The van der Waals surface area contributed by atoms with Crippen LogP contribution in [0, 0.1) is 0 Å². The average Bonchev–Trinajstić information content (AvgIpc) is 2.81. The van der Waals surface area contributed by atoms with Gasteiger partial charge in [0.2, 0.25) is 10.0 Å². The Hall–Kier alpha value is -0.920. The van der Waals surface area contributed by atoms with E-state index in [9.17, 15) is 8.42 Å². The lowest BCUT2D eigenvalue weighted by atomic mass is 10.4. The molecular weight excluding hydrogens is 276 g/mol. The number of nitrogens with zero attached hydrogens (tertiary/aromatic N) is 3. The number of rotatable bonds is 9. The minimum atomic E-state index is -3.07. The van der Waals surface area contributed by atoms with Gasteiger partial charge in [-0.25, -0.2) is 12.7 Å². The van der Waals surface area contributed by atoms with Crippen LogP contribution < -0.4 is 5.32 Å². The maximum Gasteiger partial charge on any atom is 0.211 e. The highest BCUT2D eigenvalue weighted by molar-refractivity contribution is 7.88. The Morgan fingerprint density at radius 1 is 1.45 bits per heavy atom. The van der Waals surface area contributed by atoms with Crippen LogP contribution in [0.3, 0.4) is 0 Å². The molecule has 1 rings (SSSR count). The van der Waals surface area contributed by atoms with Gasteiger partial charge in [0.25, 0.3) is 0 Å². The molecule has 0 bridgehead atoms. The van der Waals surface area contributed by atoms with E-state index in [1.54, 1.807) is 0 Å². The largest absolute Gasteiger partial charge is 0.311 e. The molecule has 0 aliphatic heterocycles. The third kappa shape index (κ3) is 5.60. The molecule has 1 N–H and O–H groups in total. The van der Waals surface area contributed by atoms with Gasteiger partial charge in [-0.05, 0) is 32.9 Å². The second-order valence-electron chi connectivity index (χ2n) is 5.17. The summed E-state index contributed by atoms with van der Waals surface area (Å²) < 4.78 is 26.2. The summed E-state index contributed by atoms with van der Waals surface area (Å²) in [5.74, 6) is 0. The topological polar surface area (TPSA) is 67.2 Å². The Morgan fingerprint density at radius 2 is 2.15 bits per heavy atom. The Kier molecular flexibility index (Phi) is 6.64. The van der Waals surface area contributed by atoms with Crippen LogP contribution in [0.15, 0.2) is 12.3 Å². The molecule has 0 saturated heterocycles. The molecule has 116 valence electrons. The molecule has 1 aromatic heterocycles. The molecule has 0 unspecified atom stereocenters. The summed E-state index contributed by atoms with van der Waals surface area (Å²) in [5.41, 5.74) is 1.01. The van der Waals surface area contributed by atoms with E-state index in [1.165, 1.54) is 10.6 Å². The summed E-state index contributed by atoms with van der Waals surface area (Å²) in [7, 11) is -3.07. The smallest absolute Gasteiger partial charge is 0.211 e. The van der Waals surface area contributed by atoms with E-state index in [-0.39, 0.29) is 0 Å². The van der Waals surface area contributed by atoms with E-state index < -0.39 is 10.0 Å². The molecule has 20 heavy (non-hydrogen) atoms. The van der Waals surface area contributed by atoms with Crippen molar-refractivity contribution in [2.75, 3.05) is 25.9 Å². The molecule has 0 radical (unpaired) electrons. The second-order valence-corrected chi connectivity index (χ2v) is 7.15.